The summed E-state index contributed by atoms with van der Waals surface area (Å²) in [6, 6.07) is 4.47. The molecule has 2 aliphatic carbocycles. The number of allylic oxidation sites excluding steroid dienone is 1. The zero-order chi connectivity index (χ0) is 18.3. The van der Waals surface area contributed by atoms with Gasteiger partial charge in [0.25, 0.3) is 0 Å². The van der Waals surface area contributed by atoms with Crippen LogP contribution < -0.4 is 0 Å². The molecule has 5 rings (SSSR count). The summed E-state index contributed by atoms with van der Waals surface area (Å²) in [5.41, 5.74) is 6.84. The van der Waals surface area contributed by atoms with Crippen LogP contribution in [0.3, 0.4) is 0 Å². The van der Waals surface area contributed by atoms with Crippen LogP contribution in [0.15, 0.2) is 44.9 Å². The van der Waals surface area contributed by atoms with Crippen LogP contribution in [0.4, 0.5) is 0 Å². The van der Waals surface area contributed by atoms with Gasteiger partial charge in [0, 0.05) is 29.0 Å². The molecule has 1 saturated carbocycles. The quantitative estimate of drug-likeness (QED) is 0.474. The molecule has 1 N–H and O–H groups in total. The average molecular weight is 396 g/mol. The first kappa shape index (κ1) is 17.0. The Morgan fingerprint density at radius 2 is 1.96 bits per heavy atom. The number of hydrogen-bond donors (Lipinski definition) is 1. The summed E-state index contributed by atoms with van der Waals surface area (Å²) in [4.78, 5) is 5.15. The molecule has 0 bridgehead atoms. The lowest BCUT2D eigenvalue weighted by atomic mass is 9.70. The Bertz CT molecular complexity index is 945. The zero-order valence-electron chi connectivity index (χ0n) is 15.1. The van der Waals surface area contributed by atoms with Crippen molar-refractivity contribution in [1.29, 1.82) is 0 Å². The van der Waals surface area contributed by atoms with E-state index in [1.807, 2.05) is 0 Å². The van der Waals surface area contributed by atoms with Gasteiger partial charge in [0.05, 0.1) is 0 Å². The van der Waals surface area contributed by atoms with E-state index in [9.17, 15) is 0 Å². The lowest BCUT2D eigenvalue weighted by Gasteiger charge is -2.32. The summed E-state index contributed by atoms with van der Waals surface area (Å²) >= 11 is 3.50. The molecule has 138 valence electrons. The molecular weight excluding hydrogens is 374 g/mol. The van der Waals surface area contributed by atoms with Crippen molar-refractivity contribution in [2.75, 3.05) is 7.11 Å². The van der Waals surface area contributed by atoms with Crippen LogP contribution in [-0.2, 0) is 16.7 Å². The highest BCUT2D eigenvalue weighted by atomic mass is 32.1. The third-order valence-corrected chi connectivity index (χ3v) is 7.24. The molecule has 0 atom stereocenters. The van der Waals surface area contributed by atoms with E-state index in [2.05, 4.69) is 61.2 Å². The van der Waals surface area contributed by atoms with Gasteiger partial charge < -0.3 is 4.84 Å². The highest BCUT2D eigenvalue weighted by Crippen LogP contribution is 2.43. The first-order valence-corrected chi connectivity index (χ1v) is 11.1. The first-order valence-electron chi connectivity index (χ1n) is 9.25. The Labute approximate surface area is 166 Å². The van der Waals surface area contributed by atoms with E-state index in [4.69, 9.17) is 4.84 Å². The molecular formula is C21H21N3OS2. The van der Waals surface area contributed by atoms with E-state index in [0.717, 1.165) is 17.8 Å². The van der Waals surface area contributed by atoms with E-state index in [-0.39, 0.29) is 5.41 Å². The predicted molar refractivity (Wildman–Crippen MR) is 112 cm³/mol. The monoisotopic (exact) mass is 395 g/mol. The number of rotatable bonds is 5. The lowest BCUT2D eigenvalue weighted by Crippen LogP contribution is -2.30. The minimum atomic E-state index is -0.133. The van der Waals surface area contributed by atoms with Crippen LogP contribution in [0.5, 0.6) is 0 Å². The Hall–Kier alpha value is -2.18. The van der Waals surface area contributed by atoms with Crippen LogP contribution in [-0.4, -0.2) is 23.0 Å². The van der Waals surface area contributed by atoms with Crippen LogP contribution in [0.2, 0.25) is 0 Å². The molecule has 0 spiro atoms. The number of oxime groups is 1. The molecule has 4 nitrogen and oxygen atoms in total. The highest BCUT2D eigenvalue weighted by Gasteiger charge is 2.38. The molecule has 2 aliphatic rings. The number of H-pyrrole nitrogens is 1. The maximum atomic E-state index is 5.15. The summed E-state index contributed by atoms with van der Waals surface area (Å²) in [5, 5.41) is 21.2. The number of hydrogen-bond acceptors (Lipinski definition) is 5. The van der Waals surface area contributed by atoms with E-state index in [1.165, 1.54) is 41.6 Å². The van der Waals surface area contributed by atoms with Crippen LogP contribution in [0.25, 0.3) is 6.08 Å². The van der Waals surface area contributed by atoms with Gasteiger partial charge in [0.15, 0.2) is 0 Å². The molecule has 0 aromatic carbocycles. The van der Waals surface area contributed by atoms with Crippen molar-refractivity contribution in [3.8, 4) is 0 Å². The Balaban J connectivity index is 1.59. The topological polar surface area (TPSA) is 50.3 Å². The van der Waals surface area contributed by atoms with Gasteiger partial charge in [0.2, 0.25) is 0 Å². The molecule has 0 amide bonds. The Kier molecular flexibility index (Phi) is 4.25. The van der Waals surface area contributed by atoms with Gasteiger partial charge in [-0.05, 0) is 57.6 Å². The Morgan fingerprint density at radius 1 is 1.22 bits per heavy atom. The standard InChI is InChI=1S/C21H21N3OS2/c1-25-24-19(14-3-2-4-14)20-17-5-8-21(11-18(17)22-23-20,15-6-9-26-12-15)16-7-10-27-13-16/h5-10,12-14H,2-4,11H2,1H3,(H,22,23)/b24-19+. The summed E-state index contributed by atoms with van der Waals surface area (Å²) < 4.78 is 0. The third-order valence-electron chi connectivity index (χ3n) is 5.87. The van der Waals surface area contributed by atoms with E-state index in [0.29, 0.717) is 5.92 Å². The van der Waals surface area contributed by atoms with Crippen molar-refractivity contribution in [3.63, 3.8) is 0 Å². The number of aromatic nitrogens is 2. The molecule has 0 unspecified atom stereocenters. The molecule has 3 heterocycles. The fourth-order valence-corrected chi connectivity index (χ4v) is 5.63. The highest BCUT2D eigenvalue weighted by molar-refractivity contribution is 7.08. The second-order valence-electron chi connectivity index (χ2n) is 7.26. The summed E-state index contributed by atoms with van der Waals surface area (Å²) in [5.74, 6) is 0.464. The number of fused-ring (bicyclic) bond motifs is 1. The number of nitrogens with one attached hydrogen (secondary N) is 1. The molecule has 6 heteroatoms. The van der Waals surface area contributed by atoms with E-state index < -0.39 is 0 Å². The lowest BCUT2D eigenvalue weighted by molar-refractivity contribution is 0.208. The molecule has 0 saturated heterocycles. The van der Waals surface area contributed by atoms with Gasteiger partial charge in [-0.2, -0.15) is 27.8 Å². The largest absolute Gasteiger partial charge is 0.399 e. The van der Waals surface area contributed by atoms with Gasteiger partial charge in [-0.15, -0.1) is 0 Å². The van der Waals surface area contributed by atoms with Crippen molar-refractivity contribution in [1.82, 2.24) is 10.2 Å². The zero-order valence-corrected chi connectivity index (χ0v) is 16.8. The minimum absolute atomic E-state index is 0.133. The van der Waals surface area contributed by atoms with Crippen LogP contribution in [0, 0.1) is 5.92 Å². The van der Waals surface area contributed by atoms with Crippen molar-refractivity contribution < 1.29 is 4.84 Å². The summed E-state index contributed by atoms with van der Waals surface area (Å²) in [7, 11) is 1.62. The van der Waals surface area contributed by atoms with Crippen LogP contribution >= 0.6 is 22.7 Å². The van der Waals surface area contributed by atoms with Gasteiger partial charge in [-0.1, -0.05) is 23.7 Å². The maximum Gasteiger partial charge on any atom is 0.117 e. The molecule has 1 fully saturated rings. The second kappa shape index (κ2) is 6.77. The van der Waals surface area contributed by atoms with Crippen molar-refractivity contribution in [3.05, 3.63) is 67.8 Å². The van der Waals surface area contributed by atoms with Gasteiger partial charge in [-0.3, -0.25) is 5.10 Å². The van der Waals surface area contributed by atoms with Crippen molar-refractivity contribution in [2.45, 2.75) is 31.1 Å². The van der Waals surface area contributed by atoms with Gasteiger partial charge >= 0.3 is 0 Å². The first-order chi connectivity index (χ1) is 13.3. The Morgan fingerprint density at radius 3 is 2.52 bits per heavy atom. The SMILES string of the molecule is CO/N=C(/c1n[nH]c2c1C=CC(c1ccsc1)(c1ccsc1)C2)C1CCC1. The molecule has 3 aromatic heterocycles. The molecule has 3 aromatic rings. The fraction of sp³-hybridized carbons (Fsp3) is 0.333. The minimum Gasteiger partial charge on any atom is -0.399 e. The van der Waals surface area contributed by atoms with E-state index in [1.54, 1.807) is 29.8 Å². The number of thiophene rings is 2. The summed E-state index contributed by atoms with van der Waals surface area (Å²) in [6.45, 7) is 0. The predicted octanol–water partition coefficient (Wildman–Crippen LogP) is 5.24. The van der Waals surface area contributed by atoms with Gasteiger partial charge in [-0.25, -0.2) is 0 Å². The third kappa shape index (κ3) is 2.70. The fourth-order valence-electron chi connectivity index (χ4n) is 4.15. The average Bonchev–Trinajstić information content (AvgIpc) is 3.40. The number of aromatic amines is 1. The summed E-state index contributed by atoms with van der Waals surface area (Å²) in [6.07, 6.45) is 9.06. The van der Waals surface area contributed by atoms with Crippen molar-refractivity contribution in [2.24, 2.45) is 11.1 Å². The van der Waals surface area contributed by atoms with E-state index >= 15 is 0 Å². The van der Waals surface area contributed by atoms with Crippen molar-refractivity contribution >= 4 is 34.5 Å². The smallest absolute Gasteiger partial charge is 0.117 e. The normalized spacial score (nSPS) is 18.9. The molecule has 27 heavy (non-hydrogen) atoms. The maximum absolute atomic E-state index is 5.15. The molecule has 0 radical (unpaired) electrons. The molecule has 0 aliphatic heterocycles. The van der Waals surface area contributed by atoms with Gasteiger partial charge in [0.1, 0.15) is 18.5 Å². The second-order valence-corrected chi connectivity index (χ2v) is 8.82. The van der Waals surface area contributed by atoms with Crippen LogP contribution in [0.1, 0.15) is 47.3 Å². The number of nitrogens with zero attached hydrogens (tertiary/aromatic N) is 2.